The lowest BCUT2D eigenvalue weighted by Gasteiger charge is -2.13. The Morgan fingerprint density at radius 1 is 1.10 bits per heavy atom. The van der Waals surface area contributed by atoms with E-state index in [2.05, 4.69) is 15.3 Å². The van der Waals surface area contributed by atoms with Crippen molar-refractivity contribution >= 4 is 28.9 Å². The first-order valence-electron chi connectivity index (χ1n) is 5.83. The van der Waals surface area contributed by atoms with E-state index in [4.69, 9.17) is 26.8 Å². The summed E-state index contributed by atoms with van der Waals surface area (Å²) in [5, 5.41) is 3.58. The second kappa shape index (κ2) is 5.83. The average Bonchev–Trinajstić information content (AvgIpc) is 2.39. The summed E-state index contributed by atoms with van der Waals surface area (Å²) in [6.07, 6.45) is 0. The van der Waals surface area contributed by atoms with E-state index in [1.54, 1.807) is 39.3 Å². The summed E-state index contributed by atoms with van der Waals surface area (Å²) in [6.45, 7) is 1.77. The zero-order chi connectivity index (χ0) is 14.7. The summed E-state index contributed by atoms with van der Waals surface area (Å²) in [4.78, 5) is 8.27. The molecule has 6 nitrogen and oxygen atoms in total. The molecule has 0 aliphatic rings. The number of ether oxygens (including phenoxy) is 2. The molecule has 0 unspecified atom stereocenters. The molecule has 1 aromatic heterocycles. The molecular formula is C13H15ClN4O2. The fraction of sp³-hybridized carbons (Fsp3) is 0.231. The van der Waals surface area contributed by atoms with Gasteiger partial charge in [0.05, 0.1) is 24.9 Å². The van der Waals surface area contributed by atoms with Crippen molar-refractivity contribution in [2.75, 3.05) is 25.3 Å². The number of methoxy groups -OCH3 is 2. The molecule has 0 amide bonds. The molecule has 0 aliphatic heterocycles. The highest BCUT2D eigenvalue weighted by molar-refractivity contribution is 6.32. The van der Waals surface area contributed by atoms with Crippen LogP contribution in [0.15, 0.2) is 18.2 Å². The second-order valence-corrected chi connectivity index (χ2v) is 4.44. The van der Waals surface area contributed by atoms with E-state index in [1.807, 2.05) is 0 Å². The fourth-order valence-electron chi connectivity index (χ4n) is 1.75. The summed E-state index contributed by atoms with van der Waals surface area (Å²) in [5.41, 5.74) is 6.37. The molecule has 0 aliphatic carbocycles. The second-order valence-electron chi connectivity index (χ2n) is 4.04. The van der Waals surface area contributed by atoms with E-state index in [0.29, 0.717) is 39.7 Å². The first-order valence-corrected chi connectivity index (χ1v) is 6.21. The van der Waals surface area contributed by atoms with Crippen molar-refractivity contribution in [3.05, 3.63) is 29.0 Å². The summed E-state index contributed by atoms with van der Waals surface area (Å²) in [7, 11) is 3.10. The van der Waals surface area contributed by atoms with Crippen molar-refractivity contribution in [3.8, 4) is 11.5 Å². The lowest BCUT2D eigenvalue weighted by molar-refractivity contribution is 0.405. The van der Waals surface area contributed by atoms with Gasteiger partial charge in [0.25, 0.3) is 0 Å². The molecule has 0 fully saturated rings. The highest BCUT2D eigenvalue weighted by Crippen LogP contribution is 2.37. The zero-order valence-corrected chi connectivity index (χ0v) is 12.2. The van der Waals surface area contributed by atoms with E-state index < -0.39 is 0 Å². The maximum absolute atomic E-state index is 6.06. The molecule has 0 saturated carbocycles. The van der Waals surface area contributed by atoms with Crippen molar-refractivity contribution in [2.24, 2.45) is 0 Å². The van der Waals surface area contributed by atoms with Crippen LogP contribution in [0.4, 0.5) is 17.3 Å². The summed E-state index contributed by atoms with van der Waals surface area (Å²) >= 11 is 6.06. The van der Waals surface area contributed by atoms with Gasteiger partial charge in [-0.3, -0.25) is 0 Å². The van der Waals surface area contributed by atoms with Gasteiger partial charge in [0.1, 0.15) is 29.0 Å². The molecule has 1 aromatic carbocycles. The molecule has 20 heavy (non-hydrogen) atoms. The van der Waals surface area contributed by atoms with Crippen LogP contribution in [0, 0.1) is 6.92 Å². The number of nitrogens with zero attached hydrogens (tertiary/aromatic N) is 2. The van der Waals surface area contributed by atoms with Gasteiger partial charge in [-0.25, -0.2) is 9.97 Å². The number of nitrogens with two attached hydrogens (primary N) is 1. The molecule has 2 aromatic rings. The van der Waals surface area contributed by atoms with Gasteiger partial charge in [0.15, 0.2) is 0 Å². The van der Waals surface area contributed by atoms with Crippen LogP contribution in [-0.4, -0.2) is 24.2 Å². The highest BCUT2D eigenvalue weighted by Gasteiger charge is 2.11. The highest BCUT2D eigenvalue weighted by atomic mass is 35.5. The third-order valence-electron chi connectivity index (χ3n) is 2.59. The Morgan fingerprint density at radius 3 is 2.40 bits per heavy atom. The van der Waals surface area contributed by atoms with Crippen molar-refractivity contribution in [1.29, 1.82) is 0 Å². The number of aryl methyl sites for hydroxylation is 1. The van der Waals surface area contributed by atoms with Crippen molar-refractivity contribution in [2.45, 2.75) is 6.92 Å². The van der Waals surface area contributed by atoms with Gasteiger partial charge < -0.3 is 20.5 Å². The molecule has 7 heteroatoms. The Hall–Kier alpha value is -2.21. The van der Waals surface area contributed by atoms with Gasteiger partial charge in [-0.2, -0.15) is 0 Å². The molecule has 1 heterocycles. The normalized spacial score (nSPS) is 10.2. The van der Waals surface area contributed by atoms with Gasteiger partial charge >= 0.3 is 0 Å². The zero-order valence-electron chi connectivity index (χ0n) is 11.4. The van der Waals surface area contributed by atoms with Crippen LogP contribution in [0.3, 0.4) is 0 Å². The molecule has 0 bridgehead atoms. The summed E-state index contributed by atoms with van der Waals surface area (Å²) < 4.78 is 10.5. The topological polar surface area (TPSA) is 82.3 Å². The third-order valence-corrected chi connectivity index (χ3v) is 2.89. The number of nitrogen functional groups attached to an aromatic ring is 1. The predicted molar refractivity (Wildman–Crippen MR) is 79.0 cm³/mol. The molecule has 2 rings (SSSR count). The molecule has 106 valence electrons. The number of hydrogen-bond acceptors (Lipinski definition) is 6. The molecular weight excluding hydrogens is 280 g/mol. The standard InChI is InChI=1S/C13H15ClN4O2/c1-7-16-12(15)6-13(17-7)18-9-5-10(19-2)8(14)4-11(9)20-3/h4-6H,1-3H3,(H3,15,16,17,18). The quantitative estimate of drug-likeness (QED) is 0.902. The smallest absolute Gasteiger partial charge is 0.144 e. The van der Waals surface area contributed by atoms with Crippen LogP contribution in [0.5, 0.6) is 11.5 Å². The van der Waals surface area contributed by atoms with Crippen LogP contribution < -0.4 is 20.5 Å². The van der Waals surface area contributed by atoms with Crippen LogP contribution in [0.1, 0.15) is 5.82 Å². The first kappa shape index (κ1) is 14.2. The maximum atomic E-state index is 6.06. The Labute approximate surface area is 121 Å². The number of rotatable bonds is 4. The predicted octanol–water partition coefficient (Wildman–Crippen LogP) is 2.78. The minimum absolute atomic E-state index is 0.389. The lowest BCUT2D eigenvalue weighted by Crippen LogP contribution is -2.02. The van der Waals surface area contributed by atoms with Gasteiger partial charge in [-0.15, -0.1) is 0 Å². The lowest BCUT2D eigenvalue weighted by atomic mass is 10.2. The Bertz CT molecular complexity index is 614. The van der Waals surface area contributed by atoms with E-state index >= 15 is 0 Å². The van der Waals surface area contributed by atoms with Gasteiger partial charge in [-0.1, -0.05) is 11.6 Å². The van der Waals surface area contributed by atoms with Crippen molar-refractivity contribution < 1.29 is 9.47 Å². The largest absolute Gasteiger partial charge is 0.495 e. The molecule has 0 spiro atoms. The SMILES string of the molecule is COc1cc(Nc2cc(N)nc(C)n2)c(OC)cc1Cl. The van der Waals surface area contributed by atoms with E-state index in [1.165, 1.54) is 0 Å². The number of benzene rings is 1. The van der Waals surface area contributed by atoms with Crippen LogP contribution in [-0.2, 0) is 0 Å². The van der Waals surface area contributed by atoms with E-state index in [9.17, 15) is 0 Å². The maximum Gasteiger partial charge on any atom is 0.144 e. The monoisotopic (exact) mass is 294 g/mol. The molecule has 3 N–H and O–H groups in total. The van der Waals surface area contributed by atoms with Crippen molar-refractivity contribution in [3.63, 3.8) is 0 Å². The number of halogens is 1. The average molecular weight is 295 g/mol. The third kappa shape index (κ3) is 3.03. The molecule has 0 saturated heterocycles. The number of nitrogens with one attached hydrogen (secondary N) is 1. The van der Waals surface area contributed by atoms with Gasteiger partial charge in [-0.05, 0) is 6.92 Å². The number of aromatic nitrogens is 2. The van der Waals surface area contributed by atoms with E-state index in [-0.39, 0.29) is 0 Å². The Kier molecular flexibility index (Phi) is 4.14. The number of hydrogen-bond donors (Lipinski definition) is 2. The Morgan fingerprint density at radius 2 is 1.80 bits per heavy atom. The van der Waals surface area contributed by atoms with Gasteiger partial charge in [0.2, 0.25) is 0 Å². The minimum Gasteiger partial charge on any atom is -0.495 e. The summed E-state index contributed by atoms with van der Waals surface area (Å²) in [5.74, 6) is 2.64. The fourth-order valence-corrected chi connectivity index (χ4v) is 1.98. The van der Waals surface area contributed by atoms with Gasteiger partial charge in [0, 0.05) is 18.2 Å². The minimum atomic E-state index is 0.389. The number of anilines is 3. The summed E-state index contributed by atoms with van der Waals surface area (Å²) in [6, 6.07) is 5.03. The molecule has 0 radical (unpaired) electrons. The Balaban J connectivity index is 2.41. The molecule has 0 atom stereocenters. The van der Waals surface area contributed by atoms with Crippen LogP contribution in [0.2, 0.25) is 5.02 Å². The van der Waals surface area contributed by atoms with E-state index in [0.717, 1.165) is 0 Å². The first-order chi connectivity index (χ1) is 9.53. The van der Waals surface area contributed by atoms with Crippen molar-refractivity contribution in [1.82, 2.24) is 9.97 Å². The van der Waals surface area contributed by atoms with Crippen LogP contribution >= 0.6 is 11.6 Å². The van der Waals surface area contributed by atoms with Crippen LogP contribution in [0.25, 0.3) is 0 Å².